The van der Waals surface area contributed by atoms with E-state index in [1.165, 1.54) is 13.2 Å². The maximum atomic E-state index is 12.1. The third kappa shape index (κ3) is 5.25. The highest BCUT2D eigenvalue weighted by molar-refractivity contribution is 6.29. The molecule has 0 aliphatic carbocycles. The number of carbonyl (C=O) groups is 1. The molecule has 104 valence electrons. The number of carbonyl (C=O) groups excluding carboxylic acids is 1. The van der Waals surface area contributed by atoms with E-state index in [2.05, 4.69) is 15.3 Å². The van der Waals surface area contributed by atoms with Gasteiger partial charge in [0.15, 0.2) is 0 Å². The molecule has 0 aliphatic rings. The molecule has 0 radical (unpaired) electrons. The molecule has 19 heavy (non-hydrogen) atoms. The molecule has 0 saturated carbocycles. The summed E-state index contributed by atoms with van der Waals surface area (Å²) in [7, 11) is 1.31. The molecular formula is C11H11ClF3N3O. The van der Waals surface area contributed by atoms with Crippen molar-refractivity contribution in [3.8, 4) is 0 Å². The van der Waals surface area contributed by atoms with Gasteiger partial charge in [0.1, 0.15) is 11.0 Å². The van der Waals surface area contributed by atoms with Gasteiger partial charge in [-0.2, -0.15) is 13.2 Å². The predicted molar refractivity (Wildman–Crippen MR) is 65.1 cm³/mol. The molecule has 0 amide bonds. The minimum absolute atomic E-state index is 0.0303. The van der Waals surface area contributed by atoms with Crippen molar-refractivity contribution in [1.29, 1.82) is 0 Å². The van der Waals surface area contributed by atoms with Crippen molar-refractivity contribution < 1.29 is 18.0 Å². The van der Waals surface area contributed by atoms with Crippen LogP contribution in [0.15, 0.2) is 23.3 Å². The first-order valence-electron chi connectivity index (χ1n) is 5.23. The summed E-state index contributed by atoms with van der Waals surface area (Å²) in [6.45, 7) is 0.210. The second-order valence-corrected chi connectivity index (χ2v) is 4.00. The van der Waals surface area contributed by atoms with E-state index >= 15 is 0 Å². The van der Waals surface area contributed by atoms with Crippen molar-refractivity contribution >= 4 is 23.2 Å². The zero-order chi connectivity index (χ0) is 14.5. The van der Waals surface area contributed by atoms with Gasteiger partial charge in [0.25, 0.3) is 0 Å². The van der Waals surface area contributed by atoms with Crippen molar-refractivity contribution in [3.05, 3.63) is 29.0 Å². The van der Waals surface area contributed by atoms with E-state index < -0.39 is 18.4 Å². The number of pyridine rings is 1. The standard InChI is InChI=1S/C11H11ClF3N3O/c1-16-10(4-8(19)11(13,14)15)18-6-7-2-3-9(12)17-5-7/h2-3,5H,4,6H2,1H3,(H,16,18). The van der Waals surface area contributed by atoms with Gasteiger partial charge >= 0.3 is 6.18 Å². The molecule has 4 nitrogen and oxygen atoms in total. The van der Waals surface area contributed by atoms with Crippen LogP contribution in [0, 0.1) is 0 Å². The summed E-state index contributed by atoms with van der Waals surface area (Å²) < 4.78 is 36.3. The molecule has 0 saturated heterocycles. The van der Waals surface area contributed by atoms with Crippen LogP contribution in [0.3, 0.4) is 0 Å². The Hall–Kier alpha value is -1.63. The molecule has 1 aromatic heterocycles. The van der Waals surface area contributed by atoms with E-state index in [4.69, 9.17) is 11.6 Å². The third-order valence-corrected chi connectivity index (χ3v) is 2.42. The highest BCUT2D eigenvalue weighted by atomic mass is 35.5. The average Bonchev–Trinajstić information content (AvgIpc) is 2.35. The molecule has 1 heterocycles. The SMILES string of the molecule is CN=C(CC(=O)C(F)(F)F)NCc1ccc(Cl)nc1. The lowest BCUT2D eigenvalue weighted by atomic mass is 10.2. The number of alkyl halides is 3. The second-order valence-electron chi connectivity index (χ2n) is 3.61. The number of nitrogens with one attached hydrogen (secondary N) is 1. The topological polar surface area (TPSA) is 54.4 Å². The van der Waals surface area contributed by atoms with Crippen LogP contribution in [0.4, 0.5) is 13.2 Å². The van der Waals surface area contributed by atoms with Crippen molar-refractivity contribution in [2.24, 2.45) is 4.99 Å². The molecule has 1 aromatic rings. The lowest BCUT2D eigenvalue weighted by molar-refractivity contribution is -0.169. The number of hydrogen-bond donors (Lipinski definition) is 1. The molecule has 0 spiro atoms. The van der Waals surface area contributed by atoms with E-state index in [9.17, 15) is 18.0 Å². The summed E-state index contributed by atoms with van der Waals surface area (Å²) in [5.41, 5.74) is 0.713. The molecule has 0 unspecified atom stereocenters. The van der Waals surface area contributed by atoms with Gasteiger partial charge in [-0.25, -0.2) is 4.98 Å². The van der Waals surface area contributed by atoms with Crippen LogP contribution in [0.5, 0.6) is 0 Å². The molecule has 1 N–H and O–H groups in total. The summed E-state index contributed by atoms with van der Waals surface area (Å²) in [6, 6.07) is 3.23. The Morgan fingerprint density at radius 1 is 1.47 bits per heavy atom. The Balaban J connectivity index is 2.55. The fraction of sp³-hybridized carbons (Fsp3) is 0.364. The number of aromatic nitrogens is 1. The summed E-state index contributed by atoms with van der Waals surface area (Å²) in [5, 5.41) is 2.97. The summed E-state index contributed by atoms with van der Waals surface area (Å²) >= 11 is 5.60. The minimum Gasteiger partial charge on any atom is -0.369 e. The number of halogens is 4. The van der Waals surface area contributed by atoms with Gasteiger partial charge in [0.05, 0.1) is 6.42 Å². The van der Waals surface area contributed by atoms with Crippen LogP contribution in [0.2, 0.25) is 5.15 Å². The lowest BCUT2D eigenvalue weighted by Gasteiger charge is -2.10. The van der Waals surface area contributed by atoms with E-state index in [0.29, 0.717) is 10.7 Å². The third-order valence-electron chi connectivity index (χ3n) is 2.20. The van der Waals surface area contributed by atoms with E-state index in [1.807, 2.05) is 0 Å². The molecule has 0 aliphatic heterocycles. The van der Waals surface area contributed by atoms with Crippen LogP contribution < -0.4 is 5.32 Å². The Kier molecular flexibility index (Phi) is 5.29. The number of amidine groups is 1. The molecular weight excluding hydrogens is 283 g/mol. The Morgan fingerprint density at radius 2 is 2.16 bits per heavy atom. The molecule has 0 atom stereocenters. The highest BCUT2D eigenvalue weighted by Gasteiger charge is 2.38. The van der Waals surface area contributed by atoms with Gasteiger partial charge in [0, 0.05) is 19.8 Å². The maximum Gasteiger partial charge on any atom is 0.450 e. The number of rotatable bonds is 4. The molecule has 0 fully saturated rings. The minimum atomic E-state index is -4.85. The van der Waals surface area contributed by atoms with Crippen LogP contribution in [0.1, 0.15) is 12.0 Å². The Bertz CT molecular complexity index is 471. The average molecular weight is 294 g/mol. The lowest BCUT2D eigenvalue weighted by Crippen LogP contribution is -2.31. The number of hydrogen-bond acceptors (Lipinski definition) is 3. The largest absolute Gasteiger partial charge is 0.450 e. The van der Waals surface area contributed by atoms with Gasteiger partial charge in [-0.1, -0.05) is 17.7 Å². The predicted octanol–water partition coefficient (Wildman–Crippen LogP) is 2.37. The zero-order valence-corrected chi connectivity index (χ0v) is 10.7. The summed E-state index contributed by atoms with van der Waals surface area (Å²) in [5.74, 6) is -1.87. The smallest absolute Gasteiger partial charge is 0.369 e. The van der Waals surface area contributed by atoms with E-state index in [1.54, 1.807) is 12.1 Å². The fourth-order valence-corrected chi connectivity index (χ4v) is 1.30. The fourth-order valence-electron chi connectivity index (χ4n) is 1.19. The van der Waals surface area contributed by atoms with Gasteiger partial charge in [-0.3, -0.25) is 9.79 Å². The van der Waals surface area contributed by atoms with Crippen molar-refractivity contribution in [3.63, 3.8) is 0 Å². The first-order chi connectivity index (χ1) is 8.82. The van der Waals surface area contributed by atoms with Gasteiger partial charge in [0.2, 0.25) is 5.78 Å². The van der Waals surface area contributed by atoms with Gasteiger partial charge in [-0.15, -0.1) is 0 Å². The van der Waals surface area contributed by atoms with Crippen LogP contribution in [-0.4, -0.2) is 29.8 Å². The Morgan fingerprint density at radius 3 is 2.63 bits per heavy atom. The number of Topliss-reactive ketones (excluding diaryl/α,β-unsaturated/α-hetero) is 1. The number of aliphatic imine (C=N–C) groups is 1. The molecule has 8 heteroatoms. The first-order valence-corrected chi connectivity index (χ1v) is 5.60. The normalized spacial score (nSPS) is 12.4. The number of nitrogens with zero attached hydrogens (tertiary/aromatic N) is 2. The maximum absolute atomic E-state index is 12.1. The second kappa shape index (κ2) is 6.51. The molecule has 0 aromatic carbocycles. The summed E-state index contributed by atoms with van der Waals surface area (Å²) in [4.78, 5) is 18.2. The zero-order valence-electron chi connectivity index (χ0n) is 9.96. The molecule has 0 bridgehead atoms. The van der Waals surface area contributed by atoms with Crippen LogP contribution >= 0.6 is 11.6 Å². The van der Waals surface area contributed by atoms with Crippen LogP contribution in [0.25, 0.3) is 0 Å². The monoisotopic (exact) mass is 293 g/mol. The quantitative estimate of drug-likeness (QED) is 0.527. The van der Waals surface area contributed by atoms with E-state index in [-0.39, 0.29) is 12.4 Å². The highest BCUT2D eigenvalue weighted by Crippen LogP contribution is 2.17. The summed E-state index contributed by atoms with van der Waals surface area (Å²) in [6.07, 6.45) is -4.17. The van der Waals surface area contributed by atoms with Gasteiger partial charge < -0.3 is 5.32 Å². The molecule has 1 rings (SSSR count). The Labute approximate surface area is 112 Å². The van der Waals surface area contributed by atoms with E-state index in [0.717, 1.165) is 0 Å². The van der Waals surface area contributed by atoms with Crippen molar-refractivity contribution in [2.45, 2.75) is 19.1 Å². The van der Waals surface area contributed by atoms with Crippen molar-refractivity contribution in [1.82, 2.24) is 10.3 Å². The van der Waals surface area contributed by atoms with Crippen LogP contribution in [-0.2, 0) is 11.3 Å². The van der Waals surface area contributed by atoms with Crippen molar-refractivity contribution in [2.75, 3.05) is 7.05 Å². The first kappa shape index (κ1) is 15.4. The number of ketones is 1. The van der Waals surface area contributed by atoms with Gasteiger partial charge in [-0.05, 0) is 11.6 Å².